The van der Waals surface area contributed by atoms with Crippen LogP contribution < -0.4 is 5.32 Å². The van der Waals surface area contributed by atoms with Crippen molar-refractivity contribution in [3.8, 4) is 0 Å². The van der Waals surface area contributed by atoms with Gasteiger partial charge in [-0.25, -0.2) is 0 Å². The number of aliphatic carboxylic acids is 1. The minimum absolute atomic E-state index is 0.0444. The zero-order valence-electron chi connectivity index (χ0n) is 13.1. The lowest BCUT2D eigenvalue weighted by atomic mass is 9.90. The number of hydrogen-bond donors (Lipinski definition) is 2. The van der Waals surface area contributed by atoms with E-state index in [1.54, 1.807) is 0 Å². The molecule has 0 aliphatic rings. The van der Waals surface area contributed by atoms with Crippen LogP contribution in [0.1, 0.15) is 36.8 Å². The maximum atomic E-state index is 12.7. The van der Waals surface area contributed by atoms with Gasteiger partial charge < -0.3 is 10.4 Å². The van der Waals surface area contributed by atoms with E-state index in [4.69, 9.17) is 5.11 Å². The van der Waals surface area contributed by atoms with E-state index >= 15 is 0 Å². The molecule has 1 atom stereocenters. The van der Waals surface area contributed by atoms with Crippen molar-refractivity contribution in [1.82, 2.24) is 5.32 Å². The van der Waals surface area contributed by atoms with Crippen LogP contribution in [0.3, 0.4) is 0 Å². The number of carbonyl (C=O) groups excluding carboxylic acids is 1. The van der Waals surface area contributed by atoms with Gasteiger partial charge in [0.25, 0.3) is 0 Å². The minimum Gasteiger partial charge on any atom is -0.481 e. The lowest BCUT2D eigenvalue weighted by molar-refractivity contribution is -0.137. The van der Waals surface area contributed by atoms with Crippen LogP contribution in [0.15, 0.2) is 60.7 Å². The average molecular weight is 311 g/mol. The summed E-state index contributed by atoms with van der Waals surface area (Å²) in [4.78, 5) is 23.4. The van der Waals surface area contributed by atoms with E-state index in [1.807, 2.05) is 67.6 Å². The van der Waals surface area contributed by atoms with Crippen LogP contribution in [0, 0.1) is 0 Å². The monoisotopic (exact) mass is 311 g/mol. The molecule has 2 aromatic rings. The highest BCUT2D eigenvalue weighted by Gasteiger charge is 2.23. The number of benzene rings is 2. The van der Waals surface area contributed by atoms with Gasteiger partial charge in [0.2, 0.25) is 5.91 Å². The molecule has 0 aromatic heterocycles. The Morgan fingerprint density at radius 1 is 0.957 bits per heavy atom. The second-order valence-electron chi connectivity index (χ2n) is 5.60. The van der Waals surface area contributed by atoms with Gasteiger partial charge in [0, 0.05) is 12.5 Å². The standard InChI is InChI=1S/C19H21NO3/c1-14(12-13-17(21)22)20-19(23)18(15-8-4-2-5-9-15)16-10-6-3-7-11-16/h2-11,14,18H,12-13H2,1H3,(H,20,23)(H,21,22). The number of carboxylic acid groups (broad SMARTS) is 1. The molecule has 0 aliphatic carbocycles. The lowest BCUT2D eigenvalue weighted by Crippen LogP contribution is -2.37. The van der Waals surface area contributed by atoms with Gasteiger partial charge in [0.1, 0.15) is 0 Å². The van der Waals surface area contributed by atoms with E-state index in [2.05, 4.69) is 5.32 Å². The number of rotatable bonds is 7. The Hall–Kier alpha value is -2.62. The van der Waals surface area contributed by atoms with Gasteiger partial charge in [0.05, 0.1) is 5.92 Å². The summed E-state index contributed by atoms with van der Waals surface area (Å²) in [5.41, 5.74) is 1.84. The van der Waals surface area contributed by atoms with Crippen LogP contribution in [0.2, 0.25) is 0 Å². The van der Waals surface area contributed by atoms with Gasteiger partial charge in [-0.2, -0.15) is 0 Å². The summed E-state index contributed by atoms with van der Waals surface area (Å²) < 4.78 is 0. The minimum atomic E-state index is -0.853. The fraction of sp³-hybridized carbons (Fsp3) is 0.263. The van der Waals surface area contributed by atoms with Gasteiger partial charge in [0.15, 0.2) is 0 Å². The first-order valence-electron chi connectivity index (χ1n) is 7.70. The van der Waals surface area contributed by atoms with Crippen molar-refractivity contribution in [3.05, 3.63) is 71.8 Å². The molecule has 0 bridgehead atoms. The Balaban J connectivity index is 2.17. The van der Waals surface area contributed by atoms with E-state index in [0.29, 0.717) is 6.42 Å². The molecule has 120 valence electrons. The molecule has 4 nitrogen and oxygen atoms in total. The molecule has 1 unspecified atom stereocenters. The van der Waals surface area contributed by atoms with E-state index in [-0.39, 0.29) is 18.4 Å². The molecule has 2 N–H and O–H groups in total. The molecule has 0 heterocycles. The maximum absolute atomic E-state index is 12.7. The van der Waals surface area contributed by atoms with Crippen LogP contribution in [0.25, 0.3) is 0 Å². The van der Waals surface area contributed by atoms with Crippen LogP contribution in [0.4, 0.5) is 0 Å². The van der Waals surface area contributed by atoms with Crippen LogP contribution in [0.5, 0.6) is 0 Å². The number of nitrogens with one attached hydrogen (secondary N) is 1. The summed E-state index contributed by atoms with van der Waals surface area (Å²) in [6.07, 6.45) is 0.458. The summed E-state index contributed by atoms with van der Waals surface area (Å²) in [5.74, 6) is -1.36. The molecule has 0 fully saturated rings. The fourth-order valence-electron chi connectivity index (χ4n) is 2.52. The molecule has 0 saturated heterocycles. The van der Waals surface area contributed by atoms with E-state index in [0.717, 1.165) is 11.1 Å². The van der Waals surface area contributed by atoms with Gasteiger partial charge in [-0.1, -0.05) is 60.7 Å². The SMILES string of the molecule is CC(CCC(=O)O)NC(=O)C(c1ccccc1)c1ccccc1. The third-order valence-corrected chi connectivity index (χ3v) is 3.71. The highest BCUT2D eigenvalue weighted by Crippen LogP contribution is 2.25. The Labute approximate surface area is 136 Å². The zero-order chi connectivity index (χ0) is 16.7. The molecule has 1 amide bonds. The largest absolute Gasteiger partial charge is 0.481 e. The van der Waals surface area contributed by atoms with Gasteiger partial charge in [-0.3, -0.25) is 9.59 Å². The summed E-state index contributed by atoms with van der Waals surface area (Å²) in [7, 11) is 0. The van der Waals surface area contributed by atoms with Crippen molar-refractivity contribution in [2.75, 3.05) is 0 Å². The Bertz CT molecular complexity index is 601. The first-order chi connectivity index (χ1) is 11.1. The van der Waals surface area contributed by atoms with Crippen molar-refractivity contribution < 1.29 is 14.7 Å². The molecule has 0 saturated carbocycles. The first-order valence-corrected chi connectivity index (χ1v) is 7.70. The van der Waals surface area contributed by atoms with Crippen molar-refractivity contribution in [2.45, 2.75) is 31.7 Å². The van der Waals surface area contributed by atoms with Crippen molar-refractivity contribution >= 4 is 11.9 Å². The average Bonchev–Trinajstić information content (AvgIpc) is 2.55. The Kier molecular flexibility index (Phi) is 5.92. The zero-order valence-corrected chi connectivity index (χ0v) is 13.1. The number of amides is 1. The van der Waals surface area contributed by atoms with E-state index in [9.17, 15) is 9.59 Å². The highest BCUT2D eigenvalue weighted by atomic mass is 16.4. The van der Waals surface area contributed by atoms with Crippen molar-refractivity contribution in [2.24, 2.45) is 0 Å². The molecule has 0 spiro atoms. The molecule has 0 radical (unpaired) electrons. The van der Waals surface area contributed by atoms with Gasteiger partial charge in [-0.05, 0) is 24.5 Å². The maximum Gasteiger partial charge on any atom is 0.303 e. The van der Waals surface area contributed by atoms with Crippen molar-refractivity contribution in [3.63, 3.8) is 0 Å². The number of hydrogen-bond acceptors (Lipinski definition) is 2. The molecule has 0 aliphatic heterocycles. The third kappa shape index (κ3) is 4.95. The molecular weight excluding hydrogens is 290 g/mol. The normalized spacial score (nSPS) is 11.9. The van der Waals surface area contributed by atoms with E-state index in [1.165, 1.54) is 0 Å². The topological polar surface area (TPSA) is 66.4 Å². The smallest absolute Gasteiger partial charge is 0.303 e. The summed E-state index contributed by atoms with van der Waals surface area (Å²) in [6, 6.07) is 19.0. The van der Waals surface area contributed by atoms with Crippen LogP contribution in [-0.2, 0) is 9.59 Å². The predicted octanol–water partition coefficient (Wildman–Crippen LogP) is 3.19. The predicted molar refractivity (Wildman–Crippen MR) is 89.2 cm³/mol. The van der Waals surface area contributed by atoms with Crippen molar-refractivity contribution in [1.29, 1.82) is 0 Å². The van der Waals surface area contributed by atoms with Crippen LogP contribution in [-0.4, -0.2) is 23.0 Å². The molecule has 2 rings (SSSR count). The lowest BCUT2D eigenvalue weighted by Gasteiger charge is -2.21. The Morgan fingerprint density at radius 3 is 1.87 bits per heavy atom. The molecule has 2 aromatic carbocycles. The van der Waals surface area contributed by atoms with Crippen LogP contribution >= 0.6 is 0 Å². The molecule has 4 heteroatoms. The quantitative estimate of drug-likeness (QED) is 0.825. The fourth-order valence-corrected chi connectivity index (χ4v) is 2.52. The summed E-state index contributed by atoms with van der Waals surface area (Å²) in [6.45, 7) is 1.83. The molecule has 23 heavy (non-hydrogen) atoms. The Morgan fingerprint density at radius 2 is 1.43 bits per heavy atom. The highest BCUT2D eigenvalue weighted by molar-refractivity contribution is 5.87. The first kappa shape index (κ1) is 16.7. The van der Waals surface area contributed by atoms with Gasteiger partial charge in [-0.15, -0.1) is 0 Å². The number of carboxylic acids is 1. The second-order valence-corrected chi connectivity index (χ2v) is 5.60. The number of carbonyl (C=O) groups is 2. The third-order valence-electron chi connectivity index (χ3n) is 3.71. The molecular formula is C19H21NO3. The van der Waals surface area contributed by atoms with Gasteiger partial charge >= 0.3 is 5.97 Å². The summed E-state index contributed by atoms with van der Waals surface area (Å²) in [5, 5.41) is 11.7. The second kappa shape index (κ2) is 8.13. The summed E-state index contributed by atoms with van der Waals surface area (Å²) >= 11 is 0. The van der Waals surface area contributed by atoms with E-state index < -0.39 is 11.9 Å².